The summed E-state index contributed by atoms with van der Waals surface area (Å²) >= 11 is 0. The summed E-state index contributed by atoms with van der Waals surface area (Å²) in [6.45, 7) is 1.95. The molecular weight excluding hydrogens is 181 g/mol. The van der Waals surface area contributed by atoms with Crippen LogP contribution in [0, 0.1) is 0 Å². The van der Waals surface area contributed by atoms with E-state index in [4.69, 9.17) is 0 Å². The fraction of sp³-hybridized carbons (Fsp3) is 0.889. The van der Waals surface area contributed by atoms with Gasteiger partial charge in [-0.2, -0.15) is 13.2 Å². The molecule has 0 amide bonds. The van der Waals surface area contributed by atoms with Crippen molar-refractivity contribution in [2.24, 2.45) is 0 Å². The van der Waals surface area contributed by atoms with E-state index in [0.29, 0.717) is 6.42 Å². The molecule has 78 valence electrons. The lowest BCUT2D eigenvalue weighted by Crippen LogP contribution is -2.08. The quantitative estimate of drug-likeness (QED) is 0.635. The Balaban J connectivity index is 3.37. The molecule has 0 spiro atoms. The Morgan fingerprint density at radius 3 is 2.15 bits per heavy atom. The maximum atomic E-state index is 11.6. The fourth-order valence-corrected chi connectivity index (χ4v) is 0.985. The molecule has 0 saturated heterocycles. The van der Waals surface area contributed by atoms with E-state index in [0.717, 1.165) is 12.8 Å². The van der Waals surface area contributed by atoms with Gasteiger partial charge in [0.25, 0.3) is 0 Å². The zero-order valence-electron chi connectivity index (χ0n) is 7.78. The number of carbonyl (C=O) groups is 1. The Hall–Kier alpha value is -0.540. The van der Waals surface area contributed by atoms with E-state index in [9.17, 15) is 18.0 Å². The fourth-order valence-electron chi connectivity index (χ4n) is 0.985. The third-order valence-electron chi connectivity index (χ3n) is 1.73. The lowest BCUT2D eigenvalue weighted by Gasteiger charge is -2.04. The van der Waals surface area contributed by atoms with Crippen molar-refractivity contribution in [3.63, 3.8) is 0 Å². The van der Waals surface area contributed by atoms with Crippen LogP contribution in [0.4, 0.5) is 13.2 Å². The first kappa shape index (κ1) is 12.5. The van der Waals surface area contributed by atoms with Gasteiger partial charge in [0.05, 0.1) is 0 Å². The van der Waals surface area contributed by atoms with Crippen LogP contribution < -0.4 is 0 Å². The van der Waals surface area contributed by atoms with Crippen molar-refractivity contribution in [1.29, 1.82) is 0 Å². The normalized spacial score (nSPS) is 11.7. The molecule has 0 N–H and O–H groups in total. The Morgan fingerprint density at radius 2 is 1.69 bits per heavy atom. The molecule has 0 bridgehead atoms. The van der Waals surface area contributed by atoms with Gasteiger partial charge in [0, 0.05) is 19.3 Å². The molecule has 0 aromatic carbocycles. The minimum atomic E-state index is -4.12. The summed E-state index contributed by atoms with van der Waals surface area (Å²) in [5.41, 5.74) is 0. The summed E-state index contributed by atoms with van der Waals surface area (Å²) < 4.78 is 34.9. The van der Waals surface area contributed by atoms with Crippen molar-refractivity contribution in [3.05, 3.63) is 0 Å². The summed E-state index contributed by atoms with van der Waals surface area (Å²) in [7, 11) is 0. The second kappa shape index (κ2) is 6.00. The molecule has 0 aliphatic carbocycles. The standard InChI is InChI=1S/C9H15F3O/c1-2-3-5-8(13)6-4-7-9(10,11)12/h2-7H2,1H3. The third-order valence-corrected chi connectivity index (χ3v) is 1.73. The average molecular weight is 196 g/mol. The molecule has 0 rings (SSSR count). The first-order valence-electron chi connectivity index (χ1n) is 4.54. The predicted molar refractivity (Wildman–Crippen MR) is 44.4 cm³/mol. The van der Waals surface area contributed by atoms with Gasteiger partial charge in [-0.1, -0.05) is 13.3 Å². The molecule has 0 saturated carbocycles. The number of halogens is 3. The minimum Gasteiger partial charge on any atom is -0.300 e. The largest absolute Gasteiger partial charge is 0.389 e. The maximum Gasteiger partial charge on any atom is 0.389 e. The first-order chi connectivity index (χ1) is 5.95. The van der Waals surface area contributed by atoms with E-state index in [-0.39, 0.29) is 18.6 Å². The van der Waals surface area contributed by atoms with Gasteiger partial charge in [0.1, 0.15) is 5.78 Å². The SMILES string of the molecule is CCCCC(=O)CCCC(F)(F)F. The van der Waals surface area contributed by atoms with Gasteiger partial charge in [-0.3, -0.25) is 4.79 Å². The van der Waals surface area contributed by atoms with Crippen LogP contribution in [-0.4, -0.2) is 12.0 Å². The Bertz CT molecular complexity index is 151. The Morgan fingerprint density at radius 1 is 1.15 bits per heavy atom. The van der Waals surface area contributed by atoms with Crippen LogP contribution in [-0.2, 0) is 4.79 Å². The summed E-state index contributed by atoms with van der Waals surface area (Å²) in [6.07, 6.45) is -2.84. The summed E-state index contributed by atoms with van der Waals surface area (Å²) in [6, 6.07) is 0. The van der Waals surface area contributed by atoms with Crippen molar-refractivity contribution < 1.29 is 18.0 Å². The molecule has 0 heterocycles. The second-order valence-electron chi connectivity index (χ2n) is 3.11. The summed E-state index contributed by atoms with van der Waals surface area (Å²) in [5.74, 6) is -0.0499. The molecule has 0 aromatic heterocycles. The van der Waals surface area contributed by atoms with E-state index in [1.165, 1.54) is 0 Å². The van der Waals surface area contributed by atoms with E-state index in [2.05, 4.69) is 0 Å². The van der Waals surface area contributed by atoms with Crippen LogP contribution in [0.25, 0.3) is 0 Å². The average Bonchev–Trinajstić information content (AvgIpc) is 1.98. The van der Waals surface area contributed by atoms with Gasteiger partial charge in [0.2, 0.25) is 0 Å². The van der Waals surface area contributed by atoms with Gasteiger partial charge in [-0.05, 0) is 12.8 Å². The summed E-state index contributed by atoms with van der Waals surface area (Å²) in [4.78, 5) is 10.9. The third kappa shape index (κ3) is 9.37. The van der Waals surface area contributed by atoms with Crippen LogP contribution in [0.1, 0.15) is 45.4 Å². The van der Waals surface area contributed by atoms with E-state index < -0.39 is 12.6 Å². The topological polar surface area (TPSA) is 17.1 Å². The van der Waals surface area contributed by atoms with Crippen molar-refractivity contribution in [2.45, 2.75) is 51.6 Å². The van der Waals surface area contributed by atoms with Crippen molar-refractivity contribution in [3.8, 4) is 0 Å². The Labute approximate surface area is 76.3 Å². The number of alkyl halides is 3. The molecule has 13 heavy (non-hydrogen) atoms. The molecule has 0 aromatic rings. The molecule has 0 unspecified atom stereocenters. The highest BCUT2D eigenvalue weighted by molar-refractivity contribution is 5.78. The highest BCUT2D eigenvalue weighted by Crippen LogP contribution is 2.22. The van der Waals surface area contributed by atoms with Crippen LogP contribution in [0.15, 0.2) is 0 Å². The number of unbranched alkanes of at least 4 members (excludes halogenated alkanes) is 1. The molecule has 4 heteroatoms. The highest BCUT2D eigenvalue weighted by atomic mass is 19.4. The number of ketones is 1. The molecule has 0 aliphatic rings. The molecule has 1 nitrogen and oxygen atoms in total. The highest BCUT2D eigenvalue weighted by Gasteiger charge is 2.26. The number of hydrogen-bond acceptors (Lipinski definition) is 1. The second-order valence-corrected chi connectivity index (χ2v) is 3.11. The van der Waals surface area contributed by atoms with E-state index in [1.54, 1.807) is 0 Å². The zero-order valence-corrected chi connectivity index (χ0v) is 7.78. The maximum absolute atomic E-state index is 11.6. The van der Waals surface area contributed by atoms with Crippen LogP contribution in [0.2, 0.25) is 0 Å². The molecule has 0 radical (unpaired) electrons. The predicted octanol–water partition coefficient (Wildman–Crippen LogP) is 3.48. The number of hydrogen-bond donors (Lipinski definition) is 0. The van der Waals surface area contributed by atoms with Crippen molar-refractivity contribution >= 4 is 5.78 Å². The molecule has 0 aliphatic heterocycles. The first-order valence-corrected chi connectivity index (χ1v) is 4.54. The monoisotopic (exact) mass is 196 g/mol. The number of rotatable bonds is 6. The van der Waals surface area contributed by atoms with Gasteiger partial charge in [-0.25, -0.2) is 0 Å². The number of carbonyl (C=O) groups excluding carboxylic acids is 1. The smallest absolute Gasteiger partial charge is 0.300 e. The summed E-state index contributed by atoms with van der Waals surface area (Å²) in [5, 5.41) is 0. The van der Waals surface area contributed by atoms with Crippen LogP contribution in [0.5, 0.6) is 0 Å². The zero-order chi connectivity index (χ0) is 10.3. The van der Waals surface area contributed by atoms with Gasteiger partial charge < -0.3 is 0 Å². The molecule has 0 fully saturated rings. The van der Waals surface area contributed by atoms with Gasteiger partial charge in [0.15, 0.2) is 0 Å². The van der Waals surface area contributed by atoms with E-state index >= 15 is 0 Å². The van der Waals surface area contributed by atoms with Crippen molar-refractivity contribution in [1.82, 2.24) is 0 Å². The van der Waals surface area contributed by atoms with Gasteiger partial charge >= 0.3 is 6.18 Å². The van der Waals surface area contributed by atoms with Gasteiger partial charge in [-0.15, -0.1) is 0 Å². The van der Waals surface area contributed by atoms with Crippen molar-refractivity contribution in [2.75, 3.05) is 0 Å². The van der Waals surface area contributed by atoms with Crippen LogP contribution in [0.3, 0.4) is 0 Å². The Kier molecular flexibility index (Phi) is 5.75. The van der Waals surface area contributed by atoms with Crippen LogP contribution >= 0.6 is 0 Å². The van der Waals surface area contributed by atoms with E-state index in [1.807, 2.05) is 6.92 Å². The lowest BCUT2D eigenvalue weighted by atomic mass is 10.1. The minimum absolute atomic E-state index is 0.0499. The molecule has 0 atom stereocenters. The lowest BCUT2D eigenvalue weighted by molar-refractivity contribution is -0.137. The molecular formula is C9H15F3O. The number of Topliss-reactive ketones (excluding diaryl/α,β-unsaturated/α-hetero) is 1.